The highest BCUT2D eigenvalue weighted by Crippen LogP contribution is 2.34. The molecule has 0 radical (unpaired) electrons. The highest BCUT2D eigenvalue weighted by molar-refractivity contribution is 5.93. The number of hydrogen-bond donors (Lipinski definition) is 1. The van der Waals surface area contributed by atoms with Gasteiger partial charge in [0.1, 0.15) is 0 Å². The summed E-state index contributed by atoms with van der Waals surface area (Å²) >= 11 is 0. The van der Waals surface area contributed by atoms with Crippen molar-refractivity contribution in [1.82, 2.24) is 15.1 Å². The van der Waals surface area contributed by atoms with E-state index in [9.17, 15) is 14.4 Å². The van der Waals surface area contributed by atoms with E-state index in [-0.39, 0.29) is 53.6 Å². The number of amides is 3. The SMILES string of the molecule is CC(C)C.CC[C@H](C(=O)NCC(=O)N(C)[C@H](/C=C(\C)C(=O)N1CCC[C@H]1COC)C(C)C)C(C)(C)c1ccccc1.COC. The normalized spacial score (nSPS) is 16.4. The molecule has 0 bridgehead atoms. The minimum atomic E-state index is -0.369. The number of ether oxygens (including phenoxy) is 2. The molecule has 0 aliphatic carbocycles. The molecule has 1 aliphatic rings. The van der Waals surface area contributed by atoms with Crippen molar-refractivity contribution in [3.8, 4) is 0 Å². The lowest BCUT2D eigenvalue weighted by molar-refractivity contribution is -0.135. The average molecular weight is 618 g/mol. The maximum Gasteiger partial charge on any atom is 0.249 e. The molecule has 1 fully saturated rings. The second-order valence-electron chi connectivity index (χ2n) is 13.2. The summed E-state index contributed by atoms with van der Waals surface area (Å²) in [6.07, 6.45) is 4.47. The molecule has 1 aliphatic heterocycles. The van der Waals surface area contributed by atoms with Crippen LogP contribution in [0, 0.1) is 17.8 Å². The Morgan fingerprint density at radius 1 is 1.07 bits per heavy atom. The molecule has 252 valence electrons. The summed E-state index contributed by atoms with van der Waals surface area (Å²) < 4.78 is 9.54. The fraction of sp³-hybridized carbons (Fsp3) is 0.694. The predicted molar refractivity (Wildman–Crippen MR) is 181 cm³/mol. The van der Waals surface area contributed by atoms with Gasteiger partial charge in [-0.3, -0.25) is 14.4 Å². The first kappa shape index (κ1) is 41.3. The highest BCUT2D eigenvalue weighted by atomic mass is 16.5. The molecular formula is C36H63N3O5. The summed E-state index contributed by atoms with van der Waals surface area (Å²) in [5.41, 5.74) is 1.35. The molecule has 1 aromatic rings. The van der Waals surface area contributed by atoms with Gasteiger partial charge in [-0.15, -0.1) is 0 Å². The Balaban J connectivity index is 0.00000239. The molecule has 1 aromatic carbocycles. The number of rotatable bonds is 12. The van der Waals surface area contributed by atoms with Crippen LogP contribution in [0.25, 0.3) is 0 Å². The third-order valence-corrected chi connectivity index (χ3v) is 7.81. The fourth-order valence-corrected chi connectivity index (χ4v) is 5.44. The van der Waals surface area contributed by atoms with Crippen molar-refractivity contribution in [3.63, 3.8) is 0 Å². The minimum Gasteiger partial charge on any atom is -0.388 e. The third kappa shape index (κ3) is 13.5. The molecule has 2 rings (SSSR count). The van der Waals surface area contributed by atoms with Crippen LogP contribution in [-0.4, -0.2) is 87.7 Å². The van der Waals surface area contributed by atoms with Crippen LogP contribution < -0.4 is 5.32 Å². The third-order valence-electron chi connectivity index (χ3n) is 7.81. The van der Waals surface area contributed by atoms with Gasteiger partial charge in [0.05, 0.1) is 25.2 Å². The number of carbonyl (C=O) groups is 3. The Labute approximate surface area is 268 Å². The van der Waals surface area contributed by atoms with Gasteiger partial charge in [-0.1, -0.05) is 91.8 Å². The monoisotopic (exact) mass is 617 g/mol. The molecule has 44 heavy (non-hydrogen) atoms. The second kappa shape index (κ2) is 21.1. The summed E-state index contributed by atoms with van der Waals surface area (Å²) in [7, 11) is 6.64. The Hall–Kier alpha value is -2.71. The van der Waals surface area contributed by atoms with Crippen LogP contribution in [0.1, 0.15) is 87.1 Å². The Morgan fingerprint density at radius 3 is 2.09 bits per heavy atom. The van der Waals surface area contributed by atoms with Gasteiger partial charge in [-0.2, -0.15) is 0 Å². The van der Waals surface area contributed by atoms with Crippen LogP contribution in [0.2, 0.25) is 0 Å². The lowest BCUT2D eigenvalue weighted by Gasteiger charge is -2.34. The van der Waals surface area contributed by atoms with Gasteiger partial charge < -0.3 is 24.6 Å². The summed E-state index contributed by atoms with van der Waals surface area (Å²) in [5.74, 6) is 0.345. The van der Waals surface area contributed by atoms with Crippen molar-refractivity contribution in [2.24, 2.45) is 17.8 Å². The topological polar surface area (TPSA) is 88.2 Å². The zero-order chi connectivity index (χ0) is 34.0. The number of carbonyl (C=O) groups excluding carboxylic acids is 3. The van der Waals surface area contributed by atoms with Gasteiger partial charge in [0.15, 0.2) is 0 Å². The number of methoxy groups -OCH3 is 2. The van der Waals surface area contributed by atoms with Crippen molar-refractivity contribution >= 4 is 17.7 Å². The molecule has 3 atom stereocenters. The van der Waals surface area contributed by atoms with E-state index in [2.05, 4.69) is 44.7 Å². The molecule has 8 nitrogen and oxygen atoms in total. The van der Waals surface area contributed by atoms with E-state index >= 15 is 0 Å². The Bertz CT molecular complexity index is 1000. The van der Waals surface area contributed by atoms with E-state index in [1.54, 1.807) is 33.3 Å². The van der Waals surface area contributed by atoms with Gasteiger partial charge in [0.2, 0.25) is 17.7 Å². The van der Waals surface area contributed by atoms with Crippen LogP contribution in [-0.2, 0) is 29.3 Å². The number of nitrogens with one attached hydrogen (secondary N) is 1. The lowest BCUT2D eigenvalue weighted by Crippen LogP contribution is -2.48. The summed E-state index contributed by atoms with van der Waals surface area (Å²) in [5, 5.41) is 2.88. The van der Waals surface area contributed by atoms with E-state index in [1.807, 2.05) is 69.0 Å². The van der Waals surface area contributed by atoms with Crippen molar-refractivity contribution in [3.05, 3.63) is 47.5 Å². The number of likely N-dealkylation sites (tertiary alicyclic amines) is 1. The molecule has 0 unspecified atom stereocenters. The maximum atomic E-state index is 13.2. The number of likely N-dealkylation sites (N-methyl/N-ethyl adjacent to an activating group) is 1. The van der Waals surface area contributed by atoms with E-state index in [0.29, 0.717) is 18.6 Å². The number of hydrogen-bond acceptors (Lipinski definition) is 5. The average Bonchev–Trinajstić information content (AvgIpc) is 3.42. The molecule has 3 amide bonds. The second-order valence-corrected chi connectivity index (χ2v) is 13.2. The molecule has 0 aromatic heterocycles. The quantitative estimate of drug-likeness (QED) is 0.287. The predicted octanol–water partition coefficient (Wildman–Crippen LogP) is 6.10. The summed E-state index contributed by atoms with van der Waals surface area (Å²) in [6.45, 7) is 19.7. The first-order chi connectivity index (χ1) is 20.6. The number of benzene rings is 1. The Morgan fingerprint density at radius 2 is 1.61 bits per heavy atom. The van der Waals surface area contributed by atoms with Gasteiger partial charge in [0.25, 0.3) is 0 Å². The van der Waals surface area contributed by atoms with Crippen molar-refractivity contribution < 1.29 is 23.9 Å². The van der Waals surface area contributed by atoms with Crippen molar-refractivity contribution in [2.75, 3.05) is 48.1 Å². The number of nitrogens with zero attached hydrogens (tertiary/aromatic N) is 2. The molecular weight excluding hydrogens is 554 g/mol. The zero-order valence-electron chi connectivity index (χ0n) is 30.0. The van der Waals surface area contributed by atoms with E-state index < -0.39 is 0 Å². The van der Waals surface area contributed by atoms with E-state index in [1.165, 1.54) is 0 Å². The van der Waals surface area contributed by atoms with E-state index in [0.717, 1.165) is 30.9 Å². The van der Waals surface area contributed by atoms with Crippen LogP contribution in [0.15, 0.2) is 42.0 Å². The van der Waals surface area contributed by atoms with Crippen LogP contribution >= 0.6 is 0 Å². The smallest absolute Gasteiger partial charge is 0.249 e. The van der Waals surface area contributed by atoms with Gasteiger partial charge in [0, 0.05) is 51.8 Å². The van der Waals surface area contributed by atoms with Gasteiger partial charge in [-0.05, 0) is 43.6 Å². The molecule has 8 heteroatoms. The van der Waals surface area contributed by atoms with Crippen molar-refractivity contribution in [2.45, 2.75) is 99.1 Å². The highest BCUT2D eigenvalue weighted by Gasteiger charge is 2.36. The Kier molecular flexibility index (Phi) is 19.8. The van der Waals surface area contributed by atoms with Gasteiger partial charge >= 0.3 is 0 Å². The van der Waals surface area contributed by atoms with Crippen LogP contribution in [0.5, 0.6) is 0 Å². The largest absolute Gasteiger partial charge is 0.388 e. The fourth-order valence-electron chi connectivity index (χ4n) is 5.44. The molecule has 1 saturated heterocycles. The first-order valence-electron chi connectivity index (χ1n) is 16.1. The van der Waals surface area contributed by atoms with Crippen molar-refractivity contribution in [1.29, 1.82) is 0 Å². The van der Waals surface area contributed by atoms with E-state index in [4.69, 9.17) is 4.74 Å². The minimum absolute atomic E-state index is 0.00622. The van der Waals surface area contributed by atoms with Gasteiger partial charge in [-0.25, -0.2) is 0 Å². The van der Waals surface area contributed by atoms with Crippen LogP contribution in [0.4, 0.5) is 0 Å². The summed E-state index contributed by atoms with van der Waals surface area (Å²) in [4.78, 5) is 43.0. The lowest BCUT2D eigenvalue weighted by atomic mass is 9.71. The molecule has 1 N–H and O–H groups in total. The van der Waals surface area contributed by atoms with Crippen LogP contribution in [0.3, 0.4) is 0 Å². The maximum absolute atomic E-state index is 13.2. The first-order valence-corrected chi connectivity index (χ1v) is 16.1. The molecule has 1 heterocycles. The zero-order valence-corrected chi connectivity index (χ0v) is 30.0. The summed E-state index contributed by atoms with van der Waals surface area (Å²) in [6, 6.07) is 9.84. The molecule has 0 saturated carbocycles. The molecule has 0 spiro atoms. The standard InChI is InChI=1S/C30H47N3O4.C4H10.C2H6O/c1-9-25(30(5,6)23-14-11-10-12-15-23)28(35)31-19-27(34)32(7)26(21(2)3)18-22(4)29(36)33-17-13-16-24(33)20-37-8;1-4(2)3;1-3-2/h10-12,14-15,18,21,24-26H,9,13,16-17,19-20H2,1-8H3,(H,31,35);4H,1-3H3;1-2H3/b22-18+;;/t24-,25+,26+;;/m0../s1.